The average molecular weight is 412 g/mol. The molecule has 1 aliphatic heterocycles. The molecule has 3 N–H and O–H groups in total. The lowest BCUT2D eigenvalue weighted by molar-refractivity contribution is 0.0950. The van der Waals surface area contributed by atoms with Crippen molar-refractivity contribution in [2.24, 2.45) is 22.6 Å². The van der Waals surface area contributed by atoms with Crippen molar-refractivity contribution >= 4 is 22.8 Å². The summed E-state index contributed by atoms with van der Waals surface area (Å²) < 4.78 is 15.0. The van der Waals surface area contributed by atoms with Crippen molar-refractivity contribution < 1.29 is 9.18 Å². The fourth-order valence-electron chi connectivity index (χ4n) is 4.58. The van der Waals surface area contributed by atoms with Gasteiger partial charge >= 0.3 is 0 Å². The van der Waals surface area contributed by atoms with E-state index in [9.17, 15) is 9.18 Å². The van der Waals surface area contributed by atoms with E-state index in [1.807, 2.05) is 6.07 Å². The van der Waals surface area contributed by atoms with Crippen molar-refractivity contribution in [3.8, 4) is 6.07 Å². The van der Waals surface area contributed by atoms with Crippen LogP contribution in [0.2, 0.25) is 0 Å². The fourth-order valence-corrected chi connectivity index (χ4v) is 5.64. The Morgan fingerprint density at radius 3 is 3.00 bits per heavy atom. The highest BCUT2D eigenvalue weighted by atomic mass is 32.2. The number of thioether (sulfide) groups is 1. The zero-order valence-corrected chi connectivity index (χ0v) is 16.7. The molecule has 3 aliphatic rings. The van der Waals surface area contributed by atoms with Gasteiger partial charge in [0, 0.05) is 23.6 Å². The Kier molecular flexibility index (Phi) is 5.41. The van der Waals surface area contributed by atoms with Crippen LogP contribution in [0.3, 0.4) is 0 Å². The first-order valence-corrected chi connectivity index (χ1v) is 10.7. The number of rotatable bonds is 3. The van der Waals surface area contributed by atoms with Crippen molar-refractivity contribution in [2.45, 2.75) is 37.6 Å². The number of aromatic nitrogens is 1. The summed E-state index contributed by atoms with van der Waals surface area (Å²) in [5.74, 6) is 0.138. The van der Waals surface area contributed by atoms with E-state index in [2.05, 4.69) is 10.3 Å². The Labute approximate surface area is 173 Å². The lowest BCUT2D eigenvalue weighted by Crippen LogP contribution is -2.51. The van der Waals surface area contributed by atoms with Crippen LogP contribution < -0.4 is 11.1 Å². The molecule has 29 heavy (non-hydrogen) atoms. The highest BCUT2D eigenvalue weighted by Crippen LogP contribution is 2.51. The van der Waals surface area contributed by atoms with Crippen LogP contribution in [0.4, 0.5) is 4.39 Å². The smallest absolute Gasteiger partial charge is 0.273 e. The minimum absolute atomic E-state index is 0.199. The van der Waals surface area contributed by atoms with Gasteiger partial charge in [-0.1, -0.05) is 24.6 Å². The second-order valence-corrected chi connectivity index (χ2v) is 8.73. The first kappa shape index (κ1) is 19.6. The van der Waals surface area contributed by atoms with E-state index in [4.69, 9.17) is 16.0 Å². The van der Waals surface area contributed by atoms with Crippen molar-refractivity contribution in [1.82, 2.24) is 10.3 Å². The molecule has 0 bridgehead atoms. The highest BCUT2D eigenvalue weighted by Gasteiger charge is 2.51. The molecule has 0 saturated heterocycles. The Bertz CT molecular complexity index is 949. The van der Waals surface area contributed by atoms with Gasteiger partial charge in [-0.15, -0.1) is 0 Å². The molecule has 8 heteroatoms. The lowest BCUT2D eigenvalue weighted by Gasteiger charge is -2.48. The summed E-state index contributed by atoms with van der Waals surface area (Å²) in [5.41, 5.74) is 6.75. The molecule has 6 nitrogen and oxygen atoms in total. The molecule has 1 amide bonds. The molecule has 0 aromatic carbocycles. The molecule has 0 spiro atoms. The first-order valence-electron chi connectivity index (χ1n) is 9.74. The SMILES string of the molecule is N#Cc1ccc(C(=O)NC2=CC=C(F)C([C@]34CCCC[C@H]3CSC(N)=N4)C2)nc1. The molecular formula is C21H22FN5OS. The summed E-state index contributed by atoms with van der Waals surface area (Å²) >= 11 is 1.55. The van der Waals surface area contributed by atoms with E-state index in [1.54, 1.807) is 23.9 Å². The zero-order chi connectivity index (χ0) is 20.4. The molecular weight excluding hydrogens is 389 g/mol. The maximum absolute atomic E-state index is 15.0. The fraction of sp³-hybridized carbons (Fsp3) is 0.429. The van der Waals surface area contributed by atoms with E-state index >= 15 is 0 Å². The van der Waals surface area contributed by atoms with E-state index < -0.39 is 11.5 Å². The molecule has 1 aromatic heterocycles. The Morgan fingerprint density at radius 1 is 1.38 bits per heavy atom. The van der Waals surface area contributed by atoms with Crippen LogP contribution >= 0.6 is 11.8 Å². The van der Waals surface area contributed by atoms with Gasteiger partial charge in [0.1, 0.15) is 17.6 Å². The number of allylic oxidation sites excluding steroid dienone is 3. The number of nitriles is 1. The van der Waals surface area contributed by atoms with Crippen LogP contribution in [0.15, 0.2) is 47.0 Å². The van der Waals surface area contributed by atoms with Crippen molar-refractivity contribution in [2.75, 3.05) is 5.75 Å². The number of nitrogens with zero attached hydrogens (tertiary/aromatic N) is 3. The molecule has 1 aromatic rings. The van der Waals surface area contributed by atoms with Gasteiger partial charge in [-0.25, -0.2) is 9.37 Å². The van der Waals surface area contributed by atoms with E-state index in [0.717, 1.165) is 31.4 Å². The number of halogens is 1. The van der Waals surface area contributed by atoms with E-state index in [0.29, 0.717) is 22.8 Å². The van der Waals surface area contributed by atoms with Gasteiger partial charge in [-0.05, 0) is 49.5 Å². The van der Waals surface area contributed by atoms with Gasteiger partial charge in [0.25, 0.3) is 5.91 Å². The number of carbonyl (C=O) groups excluding carboxylic acids is 1. The normalized spacial score (nSPS) is 28.9. The number of nitrogens with two attached hydrogens (primary N) is 1. The molecule has 3 atom stereocenters. The largest absolute Gasteiger partial charge is 0.379 e. The van der Waals surface area contributed by atoms with Crippen molar-refractivity contribution in [3.05, 3.63) is 53.3 Å². The predicted molar refractivity (Wildman–Crippen MR) is 111 cm³/mol. The van der Waals surface area contributed by atoms with Crippen molar-refractivity contribution in [1.29, 1.82) is 5.26 Å². The standard InChI is InChI=1S/C21H22FN5OS/c22-17-6-5-15(26-19(28)18-7-4-13(10-23)11-25-18)9-16(17)21-8-2-1-3-14(21)12-29-20(24)27-21/h4-7,11,14,16H,1-3,8-9,12H2,(H2,24,27)(H,26,28)/t14-,16?,21-/m0/s1. The Balaban J connectivity index is 1.55. The summed E-state index contributed by atoms with van der Waals surface area (Å²) in [4.78, 5) is 21.4. The number of aliphatic imine (C=N–C) groups is 1. The Hall–Kier alpha value is -2.66. The van der Waals surface area contributed by atoms with Crippen LogP contribution in [-0.2, 0) is 0 Å². The number of fused-ring (bicyclic) bond motifs is 1. The van der Waals surface area contributed by atoms with Gasteiger partial charge in [-0.2, -0.15) is 5.26 Å². The third-order valence-corrected chi connectivity index (χ3v) is 7.00. The van der Waals surface area contributed by atoms with Gasteiger partial charge in [0.2, 0.25) is 0 Å². The van der Waals surface area contributed by atoms with Gasteiger partial charge in [0.05, 0.1) is 11.1 Å². The molecule has 150 valence electrons. The number of amides is 1. The lowest BCUT2D eigenvalue weighted by atomic mass is 9.64. The number of carbonyl (C=O) groups is 1. The van der Waals surface area contributed by atoms with Crippen LogP contribution in [0, 0.1) is 23.2 Å². The van der Waals surface area contributed by atoms with Crippen molar-refractivity contribution in [3.63, 3.8) is 0 Å². The second kappa shape index (κ2) is 7.99. The molecule has 4 rings (SSSR count). The maximum Gasteiger partial charge on any atom is 0.273 e. The van der Waals surface area contributed by atoms with Crippen LogP contribution in [-0.4, -0.2) is 27.4 Å². The number of pyridine rings is 1. The monoisotopic (exact) mass is 411 g/mol. The molecule has 1 unspecified atom stereocenters. The first-order chi connectivity index (χ1) is 14.0. The molecule has 0 radical (unpaired) electrons. The van der Waals surface area contributed by atoms with Gasteiger partial charge in [0.15, 0.2) is 5.17 Å². The summed E-state index contributed by atoms with van der Waals surface area (Å²) in [7, 11) is 0. The average Bonchev–Trinajstić information content (AvgIpc) is 2.74. The quantitative estimate of drug-likeness (QED) is 0.793. The minimum Gasteiger partial charge on any atom is -0.379 e. The van der Waals surface area contributed by atoms with Crippen LogP contribution in [0.25, 0.3) is 0 Å². The topological polar surface area (TPSA) is 104 Å². The summed E-state index contributed by atoms with van der Waals surface area (Å²) in [6, 6.07) is 5.02. The Morgan fingerprint density at radius 2 is 2.24 bits per heavy atom. The molecule has 2 heterocycles. The third-order valence-electron chi connectivity index (χ3n) is 6.04. The number of nitrogens with one attached hydrogen (secondary N) is 1. The molecule has 2 aliphatic carbocycles. The van der Waals surface area contributed by atoms with Gasteiger partial charge in [-0.3, -0.25) is 9.79 Å². The summed E-state index contributed by atoms with van der Waals surface area (Å²) in [5, 5.41) is 12.2. The third kappa shape index (κ3) is 3.79. The minimum atomic E-state index is -0.537. The zero-order valence-electron chi connectivity index (χ0n) is 15.9. The van der Waals surface area contributed by atoms with Crippen LogP contribution in [0.1, 0.15) is 48.2 Å². The maximum atomic E-state index is 15.0. The molecule has 1 fully saturated rings. The highest BCUT2D eigenvalue weighted by molar-refractivity contribution is 8.13. The summed E-state index contributed by atoms with van der Waals surface area (Å²) in [6.45, 7) is 0. The summed E-state index contributed by atoms with van der Waals surface area (Å²) in [6.07, 6.45) is 8.72. The molecule has 1 saturated carbocycles. The second-order valence-electron chi connectivity index (χ2n) is 7.69. The van der Waals surface area contributed by atoms with Gasteiger partial charge < -0.3 is 11.1 Å². The number of amidine groups is 1. The number of hydrogen-bond donors (Lipinski definition) is 2. The van der Waals surface area contributed by atoms with Crippen LogP contribution in [0.5, 0.6) is 0 Å². The predicted octanol–water partition coefficient (Wildman–Crippen LogP) is 3.43. The van der Waals surface area contributed by atoms with E-state index in [1.165, 1.54) is 18.3 Å². The number of hydrogen-bond acceptors (Lipinski definition) is 6. The van der Waals surface area contributed by atoms with E-state index in [-0.39, 0.29) is 23.3 Å².